The molecule has 1 aromatic heterocycles. The number of hydrogen-bond acceptors (Lipinski definition) is 2. The summed E-state index contributed by atoms with van der Waals surface area (Å²) < 4.78 is 0.301. The van der Waals surface area contributed by atoms with Crippen LogP contribution in [0.1, 0.15) is 5.56 Å². The van der Waals surface area contributed by atoms with E-state index in [1.165, 1.54) is 12.2 Å². The second-order valence-electron chi connectivity index (χ2n) is 4.03. The molecule has 0 saturated heterocycles. The molecule has 0 saturated carbocycles. The number of H-pyrrole nitrogens is 1. The minimum Gasteiger partial charge on any atom is -0.361 e. The molecule has 0 amide bonds. The number of carbonyl (C=O) groups is 2. The molecule has 3 rings (SSSR count). The molecule has 1 N–H and O–H groups in total. The van der Waals surface area contributed by atoms with E-state index < -0.39 is 0 Å². The van der Waals surface area contributed by atoms with Gasteiger partial charge in [0.05, 0.1) is 4.48 Å². The Hall–Kier alpha value is -1.94. The van der Waals surface area contributed by atoms with Gasteiger partial charge in [-0.15, -0.1) is 0 Å². The maximum atomic E-state index is 12.1. The Labute approximate surface area is 111 Å². The number of nitrogens with one attached hydrogen (secondary N) is 1. The molecule has 1 aliphatic carbocycles. The van der Waals surface area contributed by atoms with Crippen LogP contribution in [0.2, 0.25) is 0 Å². The Kier molecular flexibility index (Phi) is 2.52. The van der Waals surface area contributed by atoms with Crippen LogP contribution in [-0.2, 0) is 9.59 Å². The van der Waals surface area contributed by atoms with Crippen LogP contribution in [0.5, 0.6) is 0 Å². The lowest BCUT2D eigenvalue weighted by Gasteiger charge is -2.08. The predicted octanol–water partition coefficient (Wildman–Crippen LogP) is 2.98. The summed E-state index contributed by atoms with van der Waals surface area (Å²) in [6.45, 7) is 0. The van der Waals surface area contributed by atoms with Gasteiger partial charge in [0.25, 0.3) is 0 Å². The Morgan fingerprint density at radius 2 is 1.83 bits per heavy atom. The van der Waals surface area contributed by atoms with E-state index in [-0.39, 0.29) is 11.6 Å². The quantitative estimate of drug-likeness (QED) is 0.823. The highest BCUT2D eigenvalue weighted by Crippen LogP contribution is 2.30. The molecule has 2 aromatic rings. The van der Waals surface area contributed by atoms with Crippen molar-refractivity contribution in [3.63, 3.8) is 0 Å². The molecule has 0 spiro atoms. The van der Waals surface area contributed by atoms with E-state index in [4.69, 9.17) is 0 Å². The molecule has 88 valence electrons. The number of carbonyl (C=O) groups excluding carboxylic acids is 2. The lowest BCUT2D eigenvalue weighted by Crippen LogP contribution is -2.09. The fraction of sp³-hybridized carbons (Fsp3) is 0. The summed E-state index contributed by atoms with van der Waals surface area (Å²) in [6, 6.07) is 7.67. The van der Waals surface area contributed by atoms with Gasteiger partial charge in [-0.05, 0) is 28.1 Å². The molecule has 0 atom stereocenters. The Bertz CT molecular complexity index is 737. The number of Topliss-reactive ketones (excluding diaryl/α,β-unsaturated/α-hetero) is 1. The smallest absolute Gasteiger partial charge is 0.200 e. The number of halogens is 1. The third kappa shape index (κ3) is 1.66. The van der Waals surface area contributed by atoms with E-state index in [1.807, 2.05) is 24.3 Å². The van der Waals surface area contributed by atoms with Crippen molar-refractivity contribution < 1.29 is 9.59 Å². The molecule has 18 heavy (non-hydrogen) atoms. The van der Waals surface area contributed by atoms with Crippen molar-refractivity contribution in [2.24, 2.45) is 0 Å². The summed E-state index contributed by atoms with van der Waals surface area (Å²) in [6.07, 6.45) is 4.43. The molecule has 3 nitrogen and oxygen atoms in total. The van der Waals surface area contributed by atoms with Crippen molar-refractivity contribution in [1.82, 2.24) is 4.98 Å². The highest BCUT2D eigenvalue weighted by Gasteiger charge is 2.23. The zero-order chi connectivity index (χ0) is 12.7. The molecular weight excluding hydrogens is 294 g/mol. The van der Waals surface area contributed by atoms with E-state index in [0.29, 0.717) is 10.1 Å². The van der Waals surface area contributed by atoms with Crippen molar-refractivity contribution in [3.05, 3.63) is 52.7 Å². The average molecular weight is 302 g/mol. The molecular formula is C14H8BrNO2. The monoisotopic (exact) mass is 301 g/mol. The van der Waals surface area contributed by atoms with Gasteiger partial charge in [-0.2, -0.15) is 0 Å². The van der Waals surface area contributed by atoms with Crippen LogP contribution in [-0.4, -0.2) is 16.6 Å². The van der Waals surface area contributed by atoms with Gasteiger partial charge in [0.15, 0.2) is 5.78 Å². The zero-order valence-electron chi connectivity index (χ0n) is 9.24. The number of para-hydroxylation sites is 1. The van der Waals surface area contributed by atoms with E-state index in [2.05, 4.69) is 20.9 Å². The molecule has 0 fully saturated rings. The molecule has 1 heterocycles. The first-order valence-electron chi connectivity index (χ1n) is 5.41. The van der Waals surface area contributed by atoms with Crippen LogP contribution >= 0.6 is 15.9 Å². The second-order valence-corrected chi connectivity index (χ2v) is 4.88. The normalized spacial score (nSPS) is 15.8. The van der Waals surface area contributed by atoms with Gasteiger partial charge in [0, 0.05) is 34.3 Å². The van der Waals surface area contributed by atoms with Crippen LogP contribution in [0.25, 0.3) is 16.5 Å². The van der Waals surface area contributed by atoms with Crippen molar-refractivity contribution in [3.8, 4) is 0 Å². The van der Waals surface area contributed by atoms with Gasteiger partial charge >= 0.3 is 0 Å². The Morgan fingerprint density at radius 1 is 1.06 bits per heavy atom. The van der Waals surface area contributed by atoms with E-state index in [0.717, 1.165) is 16.5 Å². The van der Waals surface area contributed by atoms with Gasteiger partial charge in [0.2, 0.25) is 5.78 Å². The number of ketones is 2. The molecule has 0 bridgehead atoms. The number of allylic oxidation sites excluding steroid dienone is 4. The van der Waals surface area contributed by atoms with E-state index >= 15 is 0 Å². The average Bonchev–Trinajstić information content (AvgIpc) is 2.77. The summed E-state index contributed by atoms with van der Waals surface area (Å²) in [4.78, 5) is 26.7. The van der Waals surface area contributed by atoms with Gasteiger partial charge in [0.1, 0.15) is 0 Å². The molecule has 0 radical (unpaired) electrons. The molecule has 0 aliphatic heterocycles. The summed E-state index contributed by atoms with van der Waals surface area (Å²) in [7, 11) is 0. The van der Waals surface area contributed by atoms with Crippen LogP contribution in [0.15, 0.2) is 47.1 Å². The maximum absolute atomic E-state index is 12.1. The summed E-state index contributed by atoms with van der Waals surface area (Å²) >= 11 is 3.12. The lowest BCUT2D eigenvalue weighted by atomic mass is 9.96. The highest BCUT2D eigenvalue weighted by molar-refractivity contribution is 9.12. The summed E-state index contributed by atoms with van der Waals surface area (Å²) in [5.41, 5.74) is 2.13. The van der Waals surface area contributed by atoms with Crippen molar-refractivity contribution in [1.29, 1.82) is 0 Å². The minimum atomic E-state index is -0.179. The third-order valence-corrected chi connectivity index (χ3v) is 3.49. The number of rotatable bonds is 1. The first kappa shape index (κ1) is 11.2. The largest absolute Gasteiger partial charge is 0.361 e. The first-order valence-corrected chi connectivity index (χ1v) is 6.20. The fourth-order valence-electron chi connectivity index (χ4n) is 2.06. The summed E-state index contributed by atoms with van der Waals surface area (Å²) in [5.74, 6) is -0.346. The van der Waals surface area contributed by atoms with E-state index in [1.54, 1.807) is 6.20 Å². The van der Waals surface area contributed by atoms with Gasteiger partial charge in [-0.1, -0.05) is 18.2 Å². The van der Waals surface area contributed by atoms with Gasteiger partial charge in [-0.25, -0.2) is 0 Å². The number of aromatic nitrogens is 1. The first-order chi connectivity index (χ1) is 8.66. The molecule has 4 heteroatoms. The van der Waals surface area contributed by atoms with Gasteiger partial charge in [-0.3, -0.25) is 9.59 Å². The van der Waals surface area contributed by atoms with Crippen LogP contribution in [0.4, 0.5) is 0 Å². The van der Waals surface area contributed by atoms with Crippen LogP contribution in [0.3, 0.4) is 0 Å². The number of fused-ring (bicyclic) bond motifs is 1. The topological polar surface area (TPSA) is 49.9 Å². The third-order valence-electron chi connectivity index (χ3n) is 2.90. The predicted molar refractivity (Wildman–Crippen MR) is 73.3 cm³/mol. The number of benzene rings is 1. The second kappa shape index (κ2) is 4.07. The molecule has 0 unspecified atom stereocenters. The van der Waals surface area contributed by atoms with Gasteiger partial charge < -0.3 is 4.98 Å². The molecule has 1 aromatic carbocycles. The minimum absolute atomic E-state index is 0.167. The fourth-order valence-corrected chi connectivity index (χ4v) is 2.50. The van der Waals surface area contributed by atoms with Crippen molar-refractivity contribution in [2.45, 2.75) is 0 Å². The van der Waals surface area contributed by atoms with Crippen molar-refractivity contribution in [2.75, 3.05) is 0 Å². The standard InChI is InChI=1S/C14H8BrNO2/c15-12-6-8(17)5-10(14(12)18)11-7-16-13-4-2-1-3-9(11)13/h1-7,16H. The zero-order valence-corrected chi connectivity index (χ0v) is 10.8. The Balaban J connectivity index is 2.21. The highest BCUT2D eigenvalue weighted by atomic mass is 79.9. The lowest BCUT2D eigenvalue weighted by molar-refractivity contribution is -0.113. The van der Waals surface area contributed by atoms with E-state index in [9.17, 15) is 9.59 Å². The van der Waals surface area contributed by atoms with Crippen molar-refractivity contribution >= 4 is 44.0 Å². The Morgan fingerprint density at radius 3 is 2.67 bits per heavy atom. The summed E-state index contributed by atoms with van der Waals surface area (Å²) in [5, 5.41) is 0.937. The van der Waals surface area contributed by atoms with Crippen LogP contribution < -0.4 is 0 Å². The SMILES string of the molecule is O=C1C=C(Br)C(=O)C(c2c[nH]c3ccccc23)=C1. The maximum Gasteiger partial charge on any atom is 0.200 e. The van der Waals surface area contributed by atoms with Crippen LogP contribution in [0, 0.1) is 0 Å². The number of hydrogen-bond donors (Lipinski definition) is 1. The number of aromatic amines is 1. The molecule has 1 aliphatic rings.